The summed E-state index contributed by atoms with van der Waals surface area (Å²) >= 11 is 5.90. The fourth-order valence-electron chi connectivity index (χ4n) is 5.65. The Balaban J connectivity index is 1.59. The molecule has 0 aromatic heterocycles. The summed E-state index contributed by atoms with van der Waals surface area (Å²) < 4.78 is 0. The smallest absolute Gasteiger partial charge is 0.313 e. The van der Waals surface area contributed by atoms with E-state index in [9.17, 15) is 9.59 Å². The van der Waals surface area contributed by atoms with Gasteiger partial charge in [-0.1, -0.05) is 30.9 Å². The highest BCUT2D eigenvalue weighted by Crippen LogP contribution is 2.40. The van der Waals surface area contributed by atoms with Gasteiger partial charge in [0, 0.05) is 55.0 Å². The van der Waals surface area contributed by atoms with Crippen molar-refractivity contribution in [3.63, 3.8) is 0 Å². The number of nitrogens with zero attached hydrogens (tertiary/aromatic N) is 4. The van der Waals surface area contributed by atoms with E-state index >= 15 is 0 Å². The van der Waals surface area contributed by atoms with Crippen molar-refractivity contribution < 1.29 is 9.59 Å². The SMILES string of the molecule is NC(N)=NCCN(CCN=C(N)N)CCN1CCC(NC(=O)C(=O)Nc2ccc(Cl)cc2)CC12CCCCC2. The van der Waals surface area contributed by atoms with Gasteiger partial charge >= 0.3 is 11.8 Å². The van der Waals surface area contributed by atoms with E-state index in [1.165, 1.54) is 6.42 Å². The summed E-state index contributed by atoms with van der Waals surface area (Å²) in [4.78, 5) is 38.3. The Morgan fingerprint density at radius 2 is 1.56 bits per heavy atom. The molecule has 1 unspecified atom stereocenters. The molecule has 1 heterocycles. The molecule has 1 aliphatic heterocycles. The highest BCUT2D eigenvalue weighted by Gasteiger charge is 2.43. The van der Waals surface area contributed by atoms with Gasteiger partial charge < -0.3 is 33.6 Å². The topological polar surface area (TPSA) is 193 Å². The van der Waals surface area contributed by atoms with E-state index in [0.717, 1.165) is 58.2 Å². The third kappa shape index (κ3) is 9.86. The van der Waals surface area contributed by atoms with Gasteiger partial charge in [0.1, 0.15) is 0 Å². The molecule has 1 atom stereocenters. The predicted molar refractivity (Wildman–Crippen MR) is 156 cm³/mol. The van der Waals surface area contributed by atoms with Gasteiger partial charge in [-0.15, -0.1) is 0 Å². The number of nitrogens with one attached hydrogen (secondary N) is 2. The molecule has 39 heavy (non-hydrogen) atoms. The number of carbonyl (C=O) groups excluding carboxylic acids is 2. The largest absolute Gasteiger partial charge is 0.370 e. The zero-order valence-electron chi connectivity index (χ0n) is 22.6. The summed E-state index contributed by atoms with van der Waals surface area (Å²) in [5, 5.41) is 6.20. The van der Waals surface area contributed by atoms with Crippen molar-refractivity contribution in [1.82, 2.24) is 15.1 Å². The van der Waals surface area contributed by atoms with Gasteiger partial charge in [0.15, 0.2) is 11.9 Å². The molecule has 1 saturated carbocycles. The number of nitrogens with two attached hydrogens (primary N) is 4. The molecule has 12 nitrogen and oxygen atoms in total. The number of benzene rings is 1. The number of rotatable bonds is 11. The third-order valence-corrected chi connectivity index (χ3v) is 7.83. The Hall–Kier alpha value is -3.09. The van der Waals surface area contributed by atoms with E-state index in [4.69, 9.17) is 34.5 Å². The van der Waals surface area contributed by atoms with E-state index in [0.29, 0.717) is 36.9 Å². The van der Waals surface area contributed by atoms with E-state index in [2.05, 4.69) is 30.4 Å². The summed E-state index contributed by atoms with van der Waals surface area (Å²) in [6.45, 7) is 4.94. The number of aliphatic imine (C=N–C) groups is 2. The second kappa shape index (κ2) is 14.9. The summed E-state index contributed by atoms with van der Waals surface area (Å²) in [6.07, 6.45) is 7.31. The Bertz CT molecular complexity index is 980. The number of anilines is 1. The van der Waals surface area contributed by atoms with Crippen molar-refractivity contribution in [2.24, 2.45) is 32.9 Å². The second-order valence-electron chi connectivity index (χ2n) is 10.4. The first-order valence-electron chi connectivity index (χ1n) is 13.6. The maximum absolute atomic E-state index is 12.7. The maximum atomic E-state index is 12.7. The number of piperidine rings is 1. The van der Waals surface area contributed by atoms with Gasteiger partial charge in [0.25, 0.3) is 0 Å². The van der Waals surface area contributed by atoms with E-state index in [1.807, 2.05) is 0 Å². The van der Waals surface area contributed by atoms with Crippen molar-refractivity contribution in [3.05, 3.63) is 29.3 Å². The van der Waals surface area contributed by atoms with Crippen LogP contribution in [0.3, 0.4) is 0 Å². The molecule has 216 valence electrons. The summed E-state index contributed by atoms with van der Waals surface area (Å²) in [5.74, 6) is -1.13. The van der Waals surface area contributed by atoms with E-state index in [-0.39, 0.29) is 23.5 Å². The lowest BCUT2D eigenvalue weighted by Crippen LogP contribution is -2.60. The number of guanidine groups is 2. The summed E-state index contributed by atoms with van der Waals surface area (Å²) in [7, 11) is 0. The molecular formula is C26H43ClN10O2. The van der Waals surface area contributed by atoms with Crippen LogP contribution in [-0.4, -0.2) is 90.9 Å². The molecule has 1 spiro atoms. The molecule has 2 aliphatic rings. The van der Waals surface area contributed by atoms with Gasteiger partial charge in [0.05, 0.1) is 13.1 Å². The normalized spacial score (nSPS) is 18.9. The molecule has 2 amide bonds. The minimum Gasteiger partial charge on any atom is -0.370 e. The van der Waals surface area contributed by atoms with Crippen LogP contribution in [0.1, 0.15) is 44.9 Å². The Labute approximate surface area is 235 Å². The third-order valence-electron chi connectivity index (χ3n) is 7.58. The van der Waals surface area contributed by atoms with Gasteiger partial charge in [-0.25, -0.2) is 0 Å². The fourth-order valence-corrected chi connectivity index (χ4v) is 5.78. The number of carbonyl (C=O) groups is 2. The van der Waals surface area contributed by atoms with Crippen LogP contribution in [0.2, 0.25) is 5.02 Å². The van der Waals surface area contributed by atoms with Crippen LogP contribution in [-0.2, 0) is 9.59 Å². The standard InChI is InChI=1S/C26H43ClN10O2/c27-19-4-6-20(7-5-19)34-22(38)23(39)35-21-8-13-37(26(18-21)9-2-1-3-10-26)17-16-36(14-11-32-24(28)29)15-12-33-25(30)31/h4-7,21H,1-3,8-18H2,(H,34,38)(H,35,39)(H4,28,29,32)(H4,30,31,33). The van der Waals surface area contributed by atoms with Gasteiger partial charge in [0.2, 0.25) is 0 Å². The number of hydrogen-bond donors (Lipinski definition) is 6. The van der Waals surface area contributed by atoms with Crippen LogP contribution >= 0.6 is 11.6 Å². The lowest BCUT2D eigenvalue weighted by molar-refractivity contribution is -0.137. The molecule has 2 fully saturated rings. The average molecular weight is 563 g/mol. The zero-order chi connectivity index (χ0) is 28.3. The molecule has 3 rings (SSSR count). The molecule has 1 aromatic rings. The molecule has 1 aromatic carbocycles. The molecule has 1 saturated heterocycles. The average Bonchev–Trinajstić information content (AvgIpc) is 2.89. The molecule has 10 N–H and O–H groups in total. The minimum absolute atomic E-state index is 0.00640. The summed E-state index contributed by atoms with van der Waals surface area (Å²) in [5.41, 5.74) is 22.5. The van der Waals surface area contributed by atoms with Gasteiger partial charge in [-0.2, -0.15) is 0 Å². The van der Waals surface area contributed by atoms with Gasteiger partial charge in [-0.3, -0.25) is 29.4 Å². The molecule has 1 aliphatic carbocycles. The predicted octanol–water partition coefficient (Wildman–Crippen LogP) is 0.411. The quantitative estimate of drug-likeness (QED) is 0.127. The van der Waals surface area contributed by atoms with Crippen LogP contribution in [0.25, 0.3) is 0 Å². The fraction of sp³-hybridized carbons (Fsp3) is 0.615. The first kappa shape index (κ1) is 30.5. The lowest BCUT2D eigenvalue weighted by atomic mass is 9.73. The molecular weight excluding hydrogens is 520 g/mol. The summed E-state index contributed by atoms with van der Waals surface area (Å²) in [6, 6.07) is 6.62. The van der Waals surface area contributed by atoms with Crippen LogP contribution in [0.4, 0.5) is 5.69 Å². The molecule has 0 radical (unpaired) electrons. The number of hydrogen-bond acceptors (Lipinski definition) is 6. The monoisotopic (exact) mass is 562 g/mol. The van der Waals surface area contributed by atoms with Crippen LogP contribution < -0.4 is 33.6 Å². The zero-order valence-corrected chi connectivity index (χ0v) is 23.3. The Kier molecular flexibility index (Phi) is 11.6. The first-order valence-corrected chi connectivity index (χ1v) is 14.0. The molecule has 0 bridgehead atoms. The highest BCUT2D eigenvalue weighted by atomic mass is 35.5. The minimum atomic E-state index is -0.672. The van der Waals surface area contributed by atoms with E-state index < -0.39 is 11.8 Å². The highest BCUT2D eigenvalue weighted by molar-refractivity contribution is 6.39. The molecule has 13 heteroatoms. The maximum Gasteiger partial charge on any atom is 0.313 e. The van der Waals surface area contributed by atoms with Crippen molar-refractivity contribution in [2.45, 2.75) is 56.5 Å². The van der Waals surface area contributed by atoms with Crippen LogP contribution in [0, 0.1) is 0 Å². The van der Waals surface area contributed by atoms with Crippen molar-refractivity contribution in [3.8, 4) is 0 Å². The number of halogens is 1. The van der Waals surface area contributed by atoms with Crippen molar-refractivity contribution >= 4 is 41.0 Å². The second-order valence-corrected chi connectivity index (χ2v) is 10.8. The Morgan fingerprint density at radius 1 is 0.949 bits per heavy atom. The number of likely N-dealkylation sites (tertiary alicyclic amines) is 1. The van der Waals surface area contributed by atoms with Crippen molar-refractivity contribution in [1.29, 1.82) is 0 Å². The van der Waals surface area contributed by atoms with E-state index in [1.54, 1.807) is 24.3 Å². The van der Waals surface area contributed by atoms with Crippen molar-refractivity contribution in [2.75, 3.05) is 51.1 Å². The first-order chi connectivity index (χ1) is 18.7. The van der Waals surface area contributed by atoms with Crippen LogP contribution in [0.5, 0.6) is 0 Å². The lowest BCUT2D eigenvalue weighted by Gasteiger charge is -2.52. The van der Waals surface area contributed by atoms with Crippen LogP contribution in [0.15, 0.2) is 34.3 Å². The Morgan fingerprint density at radius 3 is 2.15 bits per heavy atom. The van der Waals surface area contributed by atoms with Gasteiger partial charge in [-0.05, 0) is 49.9 Å². The number of amides is 2.